The number of aryl methyl sites for hydroxylation is 1. The second-order valence-electron chi connectivity index (χ2n) is 9.56. The van der Waals surface area contributed by atoms with E-state index < -0.39 is 6.04 Å². The van der Waals surface area contributed by atoms with E-state index in [4.69, 9.17) is 4.74 Å². The van der Waals surface area contributed by atoms with Gasteiger partial charge >= 0.3 is 0 Å². The zero-order valence-corrected chi connectivity index (χ0v) is 20.6. The van der Waals surface area contributed by atoms with Crippen molar-refractivity contribution in [3.8, 4) is 5.75 Å². The van der Waals surface area contributed by atoms with Gasteiger partial charge < -0.3 is 15.0 Å². The number of hydrogen-bond donors (Lipinski definition) is 1. The molecule has 0 bridgehead atoms. The van der Waals surface area contributed by atoms with Gasteiger partial charge in [-0.1, -0.05) is 69.7 Å². The first kappa shape index (κ1) is 25.4. The van der Waals surface area contributed by atoms with Crippen molar-refractivity contribution in [2.24, 2.45) is 0 Å². The third kappa shape index (κ3) is 7.40. The van der Waals surface area contributed by atoms with Gasteiger partial charge in [0.15, 0.2) is 6.61 Å². The Kier molecular flexibility index (Phi) is 8.88. The molecule has 2 aromatic rings. The standard InChI is InChI=1S/C27H38N2O3/c1-8-20(3)28-26(31)21(4)29(17-22-11-9-19(2)10-12-22)25(30)18-32-24-15-13-23(14-16-24)27(5,6)7/h9-16,20-21H,8,17-18H2,1-7H3,(H,28,31)/t20-,21-/m1/s1. The number of hydrogen-bond acceptors (Lipinski definition) is 3. The highest BCUT2D eigenvalue weighted by Gasteiger charge is 2.27. The predicted octanol–water partition coefficient (Wildman–Crippen LogP) is 5.00. The summed E-state index contributed by atoms with van der Waals surface area (Å²) in [7, 11) is 0. The van der Waals surface area contributed by atoms with Crippen molar-refractivity contribution in [3.63, 3.8) is 0 Å². The average Bonchev–Trinajstić information content (AvgIpc) is 2.76. The molecule has 0 aliphatic carbocycles. The van der Waals surface area contributed by atoms with E-state index in [1.54, 1.807) is 11.8 Å². The van der Waals surface area contributed by atoms with Crippen LogP contribution in [0.5, 0.6) is 5.75 Å². The van der Waals surface area contributed by atoms with E-state index in [1.807, 2.05) is 69.3 Å². The van der Waals surface area contributed by atoms with E-state index in [2.05, 4.69) is 26.1 Å². The van der Waals surface area contributed by atoms with Gasteiger partial charge in [-0.15, -0.1) is 0 Å². The minimum absolute atomic E-state index is 0.0532. The molecule has 0 heterocycles. The number of rotatable bonds is 9. The summed E-state index contributed by atoms with van der Waals surface area (Å²) in [6, 6.07) is 15.3. The molecule has 2 atom stereocenters. The van der Waals surface area contributed by atoms with Crippen LogP contribution in [0.25, 0.3) is 0 Å². The molecule has 0 spiro atoms. The van der Waals surface area contributed by atoms with Crippen LogP contribution >= 0.6 is 0 Å². The van der Waals surface area contributed by atoms with Gasteiger partial charge in [0.1, 0.15) is 11.8 Å². The van der Waals surface area contributed by atoms with Gasteiger partial charge in [0, 0.05) is 12.6 Å². The van der Waals surface area contributed by atoms with Crippen LogP contribution in [0.4, 0.5) is 0 Å². The highest BCUT2D eigenvalue weighted by molar-refractivity contribution is 5.88. The number of amides is 2. The monoisotopic (exact) mass is 438 g/mol. The second kappa shape index (κ2) is 11.2. The molecule has 2 aromatic carbocycles. The Morgan fingerprint density at radius 2 is 1.59 bits per heavy atom. The van der Waals surface area contributed by atoms with Gasteiger partial charge in [0.25, 0.3) is 5.91 Å². The van der Waals surface area contributed by atoms with Gasteiger partial charge in [-0.25, -0.2) is 0 Å². The van der Waals surface area contributed by atoms with E-state index >= 15 is 0 Å². The smallest absolute Gasteiger partial charge is 0.261 e. The molecular weight excluding hydrogens is 400 g/mol. The fourth-order valence-corrected chi connectivity index (χ4v) is 3.22. The van der Waals surface area contributed by atoms with Gasteiger partial charge in [0.2, 0.25) is 5.91 Å². The van der Waals surface area contributed by atoms with Crippen molar-refractivity contribution in [1.82, 2.24) is 10.2 Å². The highest BCUT2D eigenvalue weighted by Crippen LogP contribution is 2.24. The number of nitrogens with one attached hydrogen (secondary N) is 1. The van der Waals surface area contributed by atoms with Crippen molar-refractivity contribution in [2.75, 3.05) is 6.61 Å². The molecule has 5 nitrogen and oxygen atoms in total. The first-order valence-corrected chi connectivity index (χ1v) is 11.4. The number of nitrogens with zero attached hydrogens (tertiary/aromatic N) is 1. The van der Waals surface area contributed by atoms with Crippen molar-refractivity contribution >= 4 is 11.8 Å². The van der Waals surface area contributed by atoms with Crippen LogP contribution in [-0.2, 0) is 21.5 Å². The Morgan fingerprint density at radius 1 is 1.00 bits per heavy atom. The molecular formula is C27H38N2O3. The number of carbonyl (C=O) groups is 2. The molecule has 32 heavy (non-hydrogen) atoms. The molecule has 174 valence electrons. The molecule has 2 rings (SSSR count). The molecule has 5 heteroatoms. The van der Waals surface area contributed by atoms with Crippen LogP contribution in [0, 0.1) is 6.92 Å². The predicted molar refractivity (Wildman–Crippen MR) is 130 cm³/mol. The van der Waals surface area contributed by atoms with Crippen LogP contribution < -0.4 is 10.1 Å². The number of benzene rings is 2. The van der Waals surface area contributed by atoms with E-state index in [9.17, 15) is 9.59 Å². The Bertz CT molecular complexity index is 883. The van der Waals surface area contributed by atoms with E-state index in [0.29, 0.717) is 12.3 Å². The Labute approximate surface area is 193 Å². The number of ether oxygens (including phenoxy) is 1. The third-order valence-corrected chi connectivity index (χ3v) is 5.72. The lowest BCUT2D eigenvalue weighted by atomic mass is 9.87. The summed E-state index contributed by atoms with van der Waals surface area (Å²) in [5.74, 6) is 0.255. The molecule has 2 amide bonds. The summed E-state index contributed by atoms with van der Waals surface area (Å²) < 4.78 is 5.78. The van der Waals surface area contributed by atoms with Crippen molar-refractivity contribution in [2.45, 2.75) is 78.9 Å². The maximum atomic E-state index is 13.1. The average molecular weight is 439 g/mol. The lowest BCUT2D eigenvalue weighted by Gasteiger charge is -2.29. The largest absolute Gasteiger partial charge is 0.484 e. The molecule has 0 radical (unpaired) electrons. The zero-order chi connectivity index (χ0) is 23.9. The molecule has 0 saturated heterocycles. The Hall–Kier alpha value is -2.82. The van der Waals surface area contributed by atoms with E-state index in [-0.39, 0.29) is 29.9 Å². The fourth-order valence-electron chi connectivity index (χ4n) is 3.22. The topological polar surface area (TPSA) is 58.6 Å². The number of carbonyl (C=O) groups excluding carboxylic acids is 2. The zero-order valence-electron chi connectivity index (χ0n) is 20.6. The molecule has 0 aromatic heterocycles. The van der Waals surface area contributed by atoms with E-state index in [0.717, 1.165) is 17.5 Å². The molecule has 1 N–H and O–H groups in total. The molecule has 0 fully saturated rings. The van der Waals surface area contributed by atoms with Crippen LogP contribution in [0.15, 0.2) is 48.5 Å². The minimum atomic E-state index is -0.607. The summed E-state index contributed by atoms with van der Waals surface area (Å²) in [5, 5.41) is 2.98. The first-order valence-electron chi connectivity index (χ1n) is 11.4. The first-order chi connectivity index (χ1) is 15.0. The van der Waals surface area contributed by atoms with Crippen molar-refractivity contribution in [1.29, 1.82) is 0 Å². The van der Waals surface area contributed by atoms with Gasteiger partial charge in [-0.3, -0.25) is 9.59 Å². The van der Waals surface area contributed by atoms with Crippen LogP contribution in [0.1, 0.15) is 64.7 Å². The van der Waals surface area contributed by atoms with E-state index in [1.165, 1.54) is 5.56 Å². The molecule has 0 saturated carbocycles. The SMILES string of the molecule is CC[C@@H](C)NC(=O)[C@@H](C)N(Cc1ccc(C)cc1)C(=O)COc1ccc(C(C)(C)C)cc1. The lowest BCUT2D eigenvalue weighted by Crippen LogP contribution is -2.50. The maximum absolute atomic E-state index is 13.1. The summed E-state index contributed by atoms with van der Waals surface area (Å²) >= 11 is 0. The Morgan fingerprint density at radius 3 is 2.12 bits per heavy atom. The summed E-state index contributed by atoms with van der Waals surface area (Å²) in [4.78, 5) is 27.5. The summed E-state index contributed by atoms with van der Waals surface area (Å²) in [6.45, 7) is 14.5. The van der Waals surface area contributed by atoms with Crippen molar-refractivity contribution < 1.29 is 14.3 Å². The van der Waals surface area contributed by atoms with Crippen LogP contribution in [-0.4, -0.2) is 35.4 Å². The Balaban J connectivity index is 2.13. The normalized spacial score (nSPS) is 13.2. The minimum Gasteiger partial charge on any atom is -0.484 e. The summed E-state index contributed by atoms with van der Waals surface area (Å²) in [5.41, 5.74) is 3.38. The highest BCUT2D eigenvalue weighted by atomic mass is 16.5. The third-order valence-electron chi connectivity index (χ3n) is 5.72. The second-order valence-corrected chi connectivity index (χ2v) is 9.56. The molecule has 0 aliphatic rings. The maximum Gasteiger partial charge on any atom is 0.261 e. The summed E-state index contributed by atoms with van der Waals surface area (Å²) in [6.07, 6.45) is 0.831. The quantitative estimate of drug-likeness (QED) is 0.599. The van der Waals surface area contributed by atoms with Gasteiger partial charge in [-0.2, -0.15) is 0 Å². The molecule has 0 aliphatic heterocycles. The van der Waals surface area contributed by atoms with Gasteiger partial charge in [-0.05, 0) is 55.9 Å². The lowest BCUT2D eigenvalue weighted by molar-refractivity contribution is -0.142. The van der Waals surface area contributed by atoms with Gasteiger partial charge in [0.05, 0.1) is 0 Å². The fraction of sp³-hybridized carbons (Fsp3) is 0.481. The van der Waals surface area contributed by atoms with Crippen LogP contribution in [0.3, 0.4) is 0 Å². The van der Waals surface area contributed by atoms with Crippen molar-refractivity contribution in [3.05, 3.63) is 65.2 Å². The molecule has 0 unspecified atom stereocenters. The van der Waals surface area contributed by atoms with Crippen LogP contribution in [0.2, 0.25) is 0 Å².